The third-order valence-corrected chi connectivity index (χ3v) is 3.48. The van der Waals surface area contributed by atoms with Gasteiger partial charge in [0.2, 0.25) is 0 Å². The highest BCUT2D eigenvalue weighted by atomic mass is 79.9. The summed E-state index contributed by atoms with van der Waals surface area (Å²) in [5.41, 5.74) is 0.982. The number of hydrogen-bond acceptors (Lipinski definition) is 2. The molecule has 0 atom stereocenters. The molecular weight excluding hydrogens is 273 g/mol. The van der Waals surface area contributed by atoms with Crippen LogP contribution < -0.4 is 10.1 Å². The van der Waals surface area contributed by atoms with Gasteiger partial charge in [0.15, 0.2) is 11.6 Å². The normalized spacial score (nSPS) is 17.4. The van der Waals surface area contributed by atoms with Crippen LogP contribution in [0.1, 0.15) is 24.3 Å². The molecule has 0 spiro atoms. The van der Waals surface area contributed by atoms with Crippen molar-refractivity contribution in [1.82, 2.24) is 5.32 Å². The Bertz CT molecular complexity index is 378. The van der Waals surface area contributed by atoms with E-state index < -0.39 is 0 Å². The highest BCUT2D eigenvalue weighted by Crippen LogP contribution is 2.36. The van der Waals surface area contributed by atoms with Crippen LogP contribution in [-0.2, 0) is 0 Å². The first-order chi connectivity index (χ1) is 7.72. The van der Waals surface area contributed by atoms with Crippen LogP contribution in [0.3, 0.4) is 0 Å². The van der Waals surface area contributed by atoms with Crippen LogP contribution in [0.4, 0.5) is 4.39 Å². The van der Waals surface area contributed by atoms with E-state index in [4.69, 9.17) is 4.74 Å². The average Bonchev–Trinajstić information content (AvgIpc) is 2.29. The van der Waals surface area contributed by atoms with Crippen molar-refractivity contribution in [3.05, 3.63) is 28.0 Å². The first-order valence-electron chi connectivity index (χ1n) is 5.46. The van der Waals surface area contributed by atoms with Gasteiger partial charge in [-0.3, -0.25) is 0 Å². The second-order valence-corrected chi connectivity index (χ2v) is 4.95. The second-order valence-electron chi connectivity index (χ2n) is 4.03. The molecule has 1 aliphatic rings. The quantitative estimate of drug-likeness (QED) is 0.903. The standard InChI is InChI=1S/C12H15BrFNO/c1-16-12-10(6-9(13)7-11(12)14)8-2-4-15-5-3-8/h6-8,15H,2-5H2,1H3. The van der Waals surface area contributed by atoms with Crippen LogP contribution in [0.2, 0.25) is 0 Å². The molecule has 1 aliphatic heterocycles. The summed E-state index contributed by atoms with van der Waals surface area (Å²) in [7, 11) is 1.52. The summed E-state index contributed by atoms with van der Waals surface area (Å²) in [6.07, 6.45) is 2.07. The molecule has 16 heavy (non-hydrogen) atoms. The Hall–Kier alpha value is -0.610. The summed E-state index contributed by atoms with van der Waals surface area (Å²) in [6.45, 7) is 1.98. The molecule has 1 N–H and O–H groups in total. The van der Waals surface area contributed by atoms with Gasteiger partial charge in [-0.25, -0.2) is 4.39 Å². The third kappa shape index (κ3) is 2.38. The topological polar surface area (TPSA) is 21.3 Å². The molecule has 0 amide bonds. The lowest BCUT2D eigenvalue weighted by atomic mass is 9.89. The highest BCUT2D eigenvalue weighted by molar-refractivity contribution is 9.10. The number of piperidine rings is 1. The lowest BCUT2D eigenvalue weighted by Crippen LogP contribution is -2.26. The zero-order valence-corrected chi connectivity index (χ0v) is 10.8. The van der Waals surface area contributed by atoms with Crippen molar-refractivity contribution in [2.24, 2.45) is 0 Å². The molecule has 1 aromatic rings. The molecule has 2 rings (SSSR count). The van der Waals surface area contributed by atoms with Crippen molar-refractivity contribution in [3.63, 3.8) is 0 Å². The SMILES string of the molecule is COc1c(F)cc(Br)cc1C1CCNCC1. The summed E-state index contributed by atoms with van der Waals surface area (Å²) < 4.78 is 19.6. The molecule has 2 nitrogen and oxygen atoms in total. The predicted molar refractivity (Wildman–Crippen MR) is 65.5 cm³/mol. The molecule has 4 heteroatoms. The van der Waals surface area contributed by atoms with E-state index in [1.807, 2.05) is 6.07 Å². The number of rotatable bonds is 2. The van der Waals surface area contributed by atoms with Gasteiger partial charge in [0.1, 0.15) is 0 Å². The Morgan fingerprint density at radius 2 is 2.06 bits per heavy atom. The second kappa shape index (κ2) is 5.15. The lowest BCUT2D eigenvalue weighted by molar-refractivity contribution is 0.367. The lowest BCUT2D eigenvalue weighted by Gasteiger charge is -2.24. The fraction of sp³-hybridized carbons (Fsp3) is 0.500. The van der Waals surface area contributed by atoms with Gasteiger partial charge >= 0.3 is 0 Å². The van der Waals surface area contributed by atoms with Crippen molar-refractivity contribution in [2.45, 2.75) is 18.8 Å². The number of ether oxygens (including phenoxy) is 1. The van der Waals surface area contributed by atoms with Gasteiger partial charge in [0.25, 0.3) is 0 Å². The minimum absolute atomic E-state index is 0.287. The Labute approximate surface area is 103 Å². The van der Waals surface area contributed by atoms with Gasteiger partial charge in [-0.05, 0) is 44.0 Å². The maximum absolute atomic E-state index is 13.7. The molecule has 1 saturated heterocycles. The number of methoxy groups -OCH3 is 1. The molecule has 1 heterocycles. The summed E-state index contributed by atoms with van der Waals surface area (Å²) in [5, 5.41) is 3.30. The van der Waals surface area contributed by atoms with Crippen LogP contribution in [0.5, 0.6) is 5.75 Å². The summed E-state index contributed by atoms with van der Waals surface area (Å²) >= 11 is 3.33. The zero-order valence-electron chi connectivity index (χ0n) is 9.22. The Morgan fingerprint density at radius 3 is 2.69 bits per heavy atom. The monoisotopic (exact) mass is 287 g/mol. The summed E-state index contributed by atoms with van der Waals surface area (Å²) in [4.78, 5) is 0. The number of hydrogen-bond donors (Lipinski definition) is 1. The van der Waals surface area contributed by atoms with Gasteiger partial charge in [0, 0.05) is 10.0 Å². The van der Waals surface area contributed by atoms with Gasteiger partial charge in [0.05, 0.1) is 7.11 Å². The number of nitrogens with one attached hydrogen (secondary N) is 1. The first-order valence-corrected chi connectivity index (χ1v) is 6.25. The number of halogens is 2. The highest BCUT2D eigenvalue weighted by Gasteiger charge is 2.21. The van der Waals surface area contributed by atoms with Crippen LogP contribution in [-0.4, -0.2) is 20.2 Å². The molecule has 0 unspecified atom stereocenters. The van der Waals surface area contributed by atoms with Crippen molar-refractivity contribution >= 4 is 15.9 Å². The van der Waals surface area contributed by atoms with Gasteiger partial charge in [-0.15, -0.1) is 0 Å². The van der Waals surface area contributed by atoms with Gasteiger partial charge in [-0.2, -0.15) is 0 Å². The summed E-state index contributed by atoms with van der Waals surface area (Å²) in [6, 6.07) is 3.42. The van der Waals surface area contributed by atoms with E-state index in [-0.39, 0.29) is 5.82 Å². The first kappa shape index (κ1) is 11.9. The van der Waals surface area contributed by atoms with Crippen molar-refractivity contribution in [1.29, 1.82) is 0 Å². The minimum atomic E-state index is -0.287. The van der Waals surface area contributed by atoms with Crippen LogP contribution in [0.15, 0.2) is 16.6 Å². The van der Waals surface area contributed by atoms with Gasteiger partial charge < -0.3 is 10.1 Å². The van der Waals surface area contributed by atoms with Crippen molar-refractivity contribution in [2.75, 3.05) is 20.2 Å². The molecular formula is C12H15BrFNO. The molecule has 0 radical (unpaired) electrons. The Morgan fingerprint density at radius 1 is 1.38 bits per heavy atom. The molecule has 1 aromatic carbocycles. The number of benzene rings is 1. The van der Waals surface area contributed by atoms with E-state index in [2.05, 4.69) is 21.2 Å². The third-order valence-electron chi connectivity index (χ3n) is 3.02. The van der Waals surface area contributed by atoms with Crippen LogP contribution >= 0.6 is 15.9 Å². The minimum Gasteiger partial charge on any atom is -0.493 e. The molecule has 0 aliphatic carbocycles. The van der Waals surface area contributed by atoms with E-state index in [9.17, 15) is 4.39 Å². The molecule has 1 fully saturated rings. The van der Waals surface area contributed by atoms with Crippen molar-refractivity contribution < 1.29 is 9.13 Å². The zero-order chi connectivity index (χ0) is 11.5. The smallest absolute Gasteiger partial charge is 0.166 e. The van der Waals surface area contributed by atoms with E-state index >= 15 is 0 Å². The van der Waals surface area contributed by atoms with Gasteiger partial charge in [-0.1, -0.05) is 15.9 Å². The Kier molecular flexibility index (Phi) is 3.82. The van der Waals surface area contributed by atoms with E-state index in [1.54, 1.807) is 0 Å². The average molecular weight is 288 g/mol. The maximum atomic E-state index is 13.7. The van der Waals surface area contributed by atoms with Crippen molar-refractivity contribution in [3.8, 4) is 5.75 Å². The Balaban J connectivity index is 2.36. The largest absolute Gasteiger partial charge is 0.493 e. The maximum Gasteiger partial charge on any atom is 0.166 e. The summed E-state index contributed by atoms with van der Waals surface area (Å²) in [5.74, 6) is 0.503. The van der Waals surface area contributed by atoms with E-state index in [0.717, 1.165) is 36.0 Å². The molecule has 0 aromatic heterocycles. The molecule has 88 valence electrons. The van der Waals surface area contributed by atoms with E-state index in [0.29, 0.717) is 11.7 Å². The fourth-order valence-electron chi connectivity index (χ4n) is 2.23. The van der Waals surface area contributed by atoms with Crippen LogP contribution in [0, 0.1) is 5.82 Å². The fourth-order valence-corrected chi connectivity index (χ4v) is 2.68. The molecule has 0 bridgehead atoms. The van der Waals surface area contributed by atoms with Crippen LogP contribution in [0.25, 0.3) is 0 Å². The predicted octanol–water partition coefficient (Wildman–Crippen LogP) is 3.06. The molecule has 0 saturated carbocycles. The van der Waals surface area contributed by atoms with E-state index in [1.165, 1.54) is 13.2 Å².